The number of imide groups is 1. The first-order chi connectivity index (χ1) is 20.1. The average Bonchev–Trinajstić information content (AvgIpc) is 3.27. The number of nitrogens with zero attached hydrogens (tertiary/aromatic N) is 3. The molecule has 0 unspecified atom stereocenters. The monoisotopic (exact) mass is 571 g/mol. The maximum atomic E-state index is 13.6. The molecule has 12 heteroatoms. The van der Waals surface area contributed by atoms with Crippen LogP contribution in [0.25, 0.3) is 21.8 Å². The van der Waals surface area contributed by atoms with Gasteiger partial charge >= 0.3 is 11.9 Å². The molecule has 214 valence electrons. The number of amides is 2. The molecular formula is C30H25N3O9. The number of carbonyl (C=O) groups is 4. The quantitative estimate of drug-likeness (QED) is 0.0515. The van der Waals surface area contributed by atoms with Crippen molar-refractivity contribution in [2.75, 3.05) is 6.61 Å². The van der Waals surface area contributed by atoms with Gasteiger partial charge in [0.1, 0.15) is 11.5 Å². The molecule has 3 aromatic carbocycles. The summed E-state index contributed by atoms with van der Waals surface area (Å²) >= 11 is 0. The first-order valence-electron chi connectivity index (χ1n) is 13.1. The molecular weight excluding hydrogens is 546 g/mol. The van der Waals surface area contributed by atoms with Crippen LogP contribution in [0.1, 0.15) is 47.2 Å². The number of carbonyl (C=O) groups excluding carboxylic acids is 4. The number of para-hydroxylation sites is 1. The fraction of sp³-hybridized carbons (Fsp3) is 0.233. The van der Waals surface area contributed by atoms with Gasteiger partial charge < -0.3 is 14.3 Å². The molecule has 2 amide bonds. The largest absolute Gasteiger partial charge is 0.494 e. The van der Waals surface area contributed by atoms with Gasteiger partial charge in [-0.2, -0.15) is 0 Å². The van der Waals surface area contributed by atoms with Gasteiger partial charge in [0.2, 0.25) is 0 Å². The van der Waals surface area contributed by atoms with Crippen LogP contribution in [0.5, 0.6) is 11.5 Å². The van der Waals surface area contributed by atoms with E-state index in [1.54, 1.807) is 56.3 Å². The molecule has 0 aliphatic carbocycles. The van der Waals surface area contributed by atoms with Crippen LogP contribution in [0.4, 0.5) is 5.69 Å². The third-order valence-corrected chi connectivity index (χ3v) is 6.70. The van der Waals surface area contributed by atoms with Crippen LogP contribution in [-0.4, -0.2) is 45.3 Å². The van der Waals surface area contributed by atoms with Crippen molar-refractivity contribution >= 4 is 51.2 Å². The fourth-order valence-corrected chi connectivity index (χ4v) is 4.73. The van der Waals surface area contributed by atoms with E-state index < -0.39 is 28.7 Å². The van der Waals surface area contributed by atoms with E-state index in [1.165, 1.54) is 12.1 Å². The van der Waals surface area contributed by atoms with Crippen molar-refractivity contribution < 1.29 is 38.4 Å². The molecule has 1 saturated heterocycles. The van der Waals surface area contributed by atoms with Gasteiger partial charge in [-0.05, 0) is 49.6 Å². The lowest BCUT2D eigenvalue weighted by Crippen LogP contribution is -2.32. The summed E-state index contributed by atoms with van der Waals surface area (Å²) in [4.78, 5) is 69.0. The molecule has 0 N–H and O–H groups in total. The molecule has 1 aliphatic heterocycles. The predicted octanol–water partition coefficient (Wildman–Crippen LogP) is 4.90. The average molecular weight is 572 g/mol. The lowest BCUT2D eigenvalue weighted by molar-refractivity contribution is -0.385. The maximum absolute atomic E-state index is 13.6. The number of nitro groups is 1. The Labute approximate surface area is 238 Å². The van der Waals surface area contributed by atoms with Crippen LogP contribution in [0.15, 0.2) is 54.6 Å². The summed E-state index contributed by atoms with van der Waals surface area (Å²) in [6, 6.07) is 14.8. The number of benzene rings is 3. The van der Waals surface area contributed by atoms with Crippen molar-refractivity contribution in [2.24, 2.45) is 0 Å². The third kappa shape index (κ3) is 5.73. The summed E-state index contributed by atoms with van der Waals surface area (Å²) in [5.74, 6) is -1.73. The van der Waals surface area contributed by atoms with E-state index in [1.807, 2.05) is 0 Å². The molecule has 0 spiro atoms. The molecule has 0 atom stereocenters. The first kappa shape index (κ1) is 28.1. The number of rotatable bonds is 9. The van der Waals surface area contributed by atoms with Gasteiger partial charge in [-0.15, -0.1) is 5.06 Å². The number of hydrogen-bond acceptors (Lipinski definition) is 10. The second-order valence-electron chi connectivity index (χ2n) is 9.74. The highest BCUT2D eigenvalue weighted by Crippen LogP contribution is 2.33. The topological polar surface area (TPSA) is 155 Å². The lowest BCUT2D eigenvalue weighted by atomic mass is 10.0. The minimum atomic E-state index is -0.713. The van der Waals surface area contributed by atoms with Crippen molar-refractivity contribution in [3.8, 4) is 11.5 Å². The van der Waals surface area contributed by atoms with Crippen LogP contribution in [0, 0.1) is 24.0 Å². The van der Waals surface area contributed by atoms with E-state index in [2.05, 4.69) is 4.98 Å². The number of non-ortho nitro benzene ring substituents is 1. The number of nitro benzene ring substituents is 1. The fourth-order valence-electron chi connectivity index (χ4n) is 4.73. The number of hydroxylamine groups is 2. The summed E-state index contributed by atoms with van der Waals surface area (Å²) in [6.07, 6.45) is 0.251. The van der Waals surface area contributed by atoms with Gasteiger partial charge in [0.05, 0.1) is 34.5 Å². The van der Waals surface area contributed by atoms with Gasteiger partial charge in [-0.3, -0.25) is 19.7 Å². The van der Waals surface area contributed by atoms with E-state index in [9.17, 15) is 29.3 Å². The number of ether oxygens (including phenoxy) is 2. The predicted molar refractivity (Wildman–Crippen MR) is 149 cm³/mol. The van der Waals surface area contributed by atoms with Crippen LogP contribution >= 0.6 is 0 Å². The molecule has 4 aromatic rings. The summed E-state index contributed by atoms with van der Waals surface area (Å²) in [6.45, 7) is 3.42. The van der Waals surface area contributed by atoms with E-state index in [4.69, 9.17) is 14.3 Å². The first-order valence-corrected chi connectivity index (χ1v) is 13.1. The van der Waals surface area contributed by atoms with Crippen molar-refractivity contribution in [1.82, 2.24) is 10.0 Å². The SMILES string of the molecule is Cc1cc([N+](=O)[O-])cc(C)c1OC(=O)c1c2ccccc2nc2cc(OCCCC(=O)ON3C(=O)CCC3=O)ccc12. The Balaban J connectivity index is 1.34. The highest BCUT2D eigenvalue weighted by atomic mass is 16.7. The number of pyridine rings is 1. The van der Waals surface area contributed by atoms with E-state index in [-0.39, 0.29) is 49.3 Å². The molecule has 0 saturated carbocycles. The van der Waals surface area contributed by atoms with Gasteiger partial charge in [0.15, 0.2) is 0 Å². The number of hydrogen-bond donors (Lipinski definition) is 0. The van der Waals surface area contributed by atoms with Crippen LogP contribution < -0.4 is 9.47 Å². The molecule has 5 rings (SSSR count). The van der Waals surface area contributed by atoms with Gasteiger partial charge in [0.25, 0.3) is 17.5 Å². The molecule has 1 fully saturated rings. The Kier molecular flexibility index (Phi) is 7.78. The summed E-state index contributed by atoms with van der Waals surface area (Å²) in [5.41, 5.74) is 2.13. The zero-order valence-electron chi connectivity index (χ0n) is 22.7. The maximum Gasteiger partial charge on any atom is 0.344 e. The van der Waals surface area contributed by atoms with E-state index in [0.717, 1.165) is 0 Å². The molecule has 0 radical (unpaired) electrons. The molecule has 1 aliphatic rings. The van der Waals surface area contributed by atoms with Crippen molar-refractivity contribution in [2.45, 2.75) is 39.5 Å². The lowest BCUT2D eigenvalue weighted by Gasteiger charge is -2.14. The molecule has 0 bridgehead atoms. The molecule has 42 heavy (non-hydrogen) atoms. The molecule has 12 nitrogen and oxygen atoms in total. The van der Waals surface area contributed by atoms with Crippen LogP contribution in [-0.2, 0) is 19.2 Å². The van der Waals surface area contributed by atoms with Crippen molar-refractivity contribution in [3.05, 3.63) is 81.4 Å². The van der Waals surface area contributed by atoms with E-state index >= 15 is 0 Å². The van der Waals surface area contributed by atoms with Gasteiger partial charge in [-0.25, -0.2) is 14.6 Å². The number of aryl methyl sites for hydroxylation is 2. The molecule has 2 heterocycles. The normalized spacial score (nSPS) is 13.0. The smallest absolute Gasteiger partial charge is 0.344 e. The highest BCUT2D eigenvalue weighted by molar-refractivity contribution is 6.15. The Bertz CT molecular complexity index is 1740. The second-order valence-corrected chi connectivity index (χ2v) is 9.74. The van der Waals surface area contributed by atoms with Gasteiger partial charge in [0, 0.05) is 41.8 Å². The van der Waals surface area contributed by atoms with Crippen LogP contribution in [0.2, 0.25) is 0 Å². The Morgan fingerprint density at radius 1 is 0.952 bits per heavy atom. The zero-order chi connectivity index (χ0) is 30.0. The zero-order valence-corrected chi connectivity index (χ0v) is 22.7. The number of aromatic nitrogens is 1. The highest BCUT2D eigenvalue weighted by Gasteiger charge is 2.32. The van der Waals surface area contributed by atoms with E-state index in [0.29, 0.717) is 43.7 Å². The summed E-state index contributed by atoms with van der Waals surface area (Å²) in [5, 5.41) is 12.8. The summed E-state index contributed by atoms with van der Waals surface area (Å²) < 4.78 is 11.6. The minimum absolute atomic E-state index is 0.0241. The van der Waals surface area contributed by atoms with Gasteiger partial charge in [-0.1, -0.05) is 18.2 Å². The number of fused-ring (bicyclic) bond motifs is 2. The summed E-state index contributed by atoms with van der Waals surface area (Å²) in [7, 11) is 0. The second kappa shape index (κ2) is 11.6. The standard InChI is InChI=1S/C30H25N3O9/c1-17-14-19(33(38)39)15-18(2)29(17)41-30(37)28-21-6-3-4-7-23(21)31-24-16-20(9-10-22(24)28)40-13-5-8-27(36)42-32-25(34)11-12-26(32)35/h3-4,6-7,9-10,14-16H,5,8,11-13H2,1-2H3. The third-order valence-electron chi connectivity index (χ3n) is 6.70. The van der Waals surface area contributed by atoms with Crippen molar-refractivity contribution in [1.29, 1.82) is 0 Å². The number of esters is 1. The Hall–Kier alpha value is -5.39. The van der Waals surface area contributed by atoms with Crippen LogP contribution in [0.3, 0.4) is 0 Å². The Morgan fingerprint density at radius 3 is 2.31 bits per heavy atom. The van der Waals surface area contributed by atoms with Crippen molar-refractivity contribution in [3.63, 3.8) is 0 Å². The molecule has 1 aromatic heterocycles. The Morgan fingerprint density at radius 2 is 1.62 bits per heavy atom. The minimum Gasteiger partial charge on any atom is -0.494 e.